The van der Waals surface area contributed by atoms with Crippen LogP contribution in [-0.2, 0) is 15.7 Å². The molecule has 3 aliphatic heterocycles. The van der Waals surface area contributed by atoms with Crippen molar-refractivity contribution in [3.63, 3.8) is 0 Å². The van der Waals surface area contributed by atoms with Crippen LogP contribution in [0.2, 0.25) is 0 Å². The smallest absolute Gasteiger partial charge is 0.434 e. The molecule has 7 rings (SSSR count). The Bertz CT molecular complexity index is 2190. The van der Waals surface area contributed by atoms with Crippen molar-refractivity contribution in [2.45, 2.75) is 104 Å². The van der Waals surface area contributed by atoms with Crippen molar-refractivity contribution < 1.29 is 59.1 Å². The summed E-state index contributed by atoms with van der Waals surface area (Å²) in [6, 6.07) is -1.08. The lowest BCUT2D eigenvalue weighted by Crippen LogP contribution is -2.66. The molecule has 0 unspecified atom stereocenters. The fourth-order valence-corrected chi connectivity index (χ4v) is 8.60. The van der Waals surface area contributed by atoms with E-state index in [-0.39, 0.29) is 36.1 Å². The van der Waals surface area contributed by atoms with Crippen LogP contribution in [0.4, 0.5) is 47.0 Å². The van der Waals surface area contributed by atoms with E-state index in [1.165, 1.54) is 4.58 Å². The van der Waals surface area contributed by atoms with Gasteiger partial charge in [-0.25, -0.2) is 31.9 Å². The minimum Gasteiger partial charge on any atom is -0.474 e. The van der Waals surface area contributed by atoms with Gasteiger partial charge in [-0.3, -0.25) is 4.90 Å². The lowest BCUT2D eigenvalue weighted by Gasteiger charge is -2.55. The minimum atomic E-state index is -5.19. The van der Waals surface area contributed by atoms with E-state index in [0.717, 1.165) is 6.92 Å². The molecule has 1 amide bonds. The van der Waals surface area contributed by atoms with E-state index < -0.39 is 118 Å². The molecule has 2 saturated heterocycles. The number of hydrogen-bond acceptors (Lipinski definition) is 10. The van der Waals surface area contributed by atoms with Crippen LogP contribution < -0.4 is 15.2 Å². The van der Waals surface area contributed by atoms with Crippen molar-refractivity contribution in [1.29, 1.82) is 0 Å². The van der Waals surface area contributed by atoms with Gasteiger partial charge in [-0.2, -0.15) is 18.2 Å². The van der Waals surface area contributed by atoms with E-state index in [9.17, 15) is 22.4 Å². The van der Waals surface area contributed by atoms with Gasteiger partial charge >= 0.3 is 24.1 Å². The zero-order chi connectivity index (χ0) is 43.2. The maximum absolute atomic E-state index is 17.2. The molecule has 5 heterocycles. The number of hydrogen-bond donors (Lipinski definition) is 1. The molecule has 3 fully saturated rings. The topological polar surface area (TPSA) is 128 Å². The molecule has 1 aromatic carbocycles. The predicted octanol–water partition coefficient (Wildman–Crippen LogP) is 7.54. The van der Waals surface area contributed by atoms with E-state index in [4.69, 9.17) is 24.7 Å². The molecule has 2 aromatic heterocycles. The Hall–Kier alpha value is -4.52. The van der Waals surface area contributed by atoms with Crippen LogP contribution in [0.1, 0.15) is 71.9 Å². The minimum absolute atomic E-state index is 0.00434. The summed E-state index contributed by atoms with van der Waals surface area (Å²) in [5.74, 6) is -6.41. The van der Waals surface area contributed by atoms with E-state index in [1.807, 2.05) is 11.8 Å². The summed E-state index contributed by atoms with van der Waals surface area (Å²) in [4.78, 5) is 30.3. The summed E-state index contributed by atoms with van der Waals surface area (Å²) in [5, 5.41) is -0.214. The molecule has 59 heavy (non-hydrogen) atoms. The third-order valence-electron chi connectivity index (χ3n) is 11.6. The van der Waals surface area contributed by atoms with E-state index in [0.29, 0.717) is 38.8 Å². The second-order valence-corrected chi connectivity index (χ2v) is 17.7. The van der Waals surface area contributed by atoms with Gasteiger partial charge in [-0.05, 0) is 59.6 Å². The monoisotopic (exact) mass is 840 g/mol. The molecular weight excluding hydrogens is 791 g/mol. The second-order valence-electron chi connectivity index (χ2n) is 17.7. The lowest BCUT2D eigenvalue weighted by atomic mass is 9.77. The number of pyridine rings is 1. The molecule has 0 bridgehead atoms. The van der Waals surface area contributed by atoms with Crippen LogP contribution in [0.15, 0.2) is 6.07 Å². The summed E-state index contributed by atoms with van der Waals surface area (Å²) in [7, 11) is 0. The Morgan fingerprint density at radius 1 is 1.10 bits per heavy atom. The third-order valence-corrected chi connectivity index (χ3v) is 11.6. The first-order chi connectivity index (χ1) is 27.4. The second kappa shape index (κ2) is 14.6. The van der Waals surface area contributed by atoms with Gasteiger partial charge in [-0.1, -0.05) is 6.92 Å². The molecule has 0 radical (unpaired) electrons. The maximum Gasteiger partial charge on any atom is 0.434 e. The molecule has 12 nitrogen and oxygen atoms in total. The Kier molecular flexibility index (Phi) is 10.5. The summed E-state index contributed by atoms with van der Waals surface area (Å²) in [6.45, 7) is 17.1. The molecule has 2 N–H and O–H groups in total. The highest BCUT2D eigenvalue weighted by atomic mass is 19.4. The number of rotatable bonds is 7. The molecule has 1 aliphatic carbocycles. The van der Waals surface area contributed by atoms with Gasteiger partial charge in [-0.15, -0.1) is 0 Å². The highest BCUT2D eigenvalue weighted by Crippen LogP contribution is 2.62. The van der Waals surface area contributed by atoms with Gasteiger partial charge in [0.25, 0.3) is 5.92 Å². The van der Waals surface area contributed by atoms with Gasteiger partial charge in [0, 0.05) is 54.5 Å². The van der Waals surface area contributed by atoms with Crippen molar-refractivity contribution in [3.05, 3.63) is 28.8 Å². The number of benzene rings is 1. The Labute approximate surface area is 336 Å². The molecule has 322 valence electrons. The Morgan fingerprint density at radius 2 is 1.76 bits per heavy atom. The van der Waals surface area contributed by atoms with Crippen molar-refractivity contribution in [1.82, 2.24) is 24.8 Å². The fraction of sp³-hybridized carbons (Fsp3) is 0.625. The fourth-order valence-electron chi connectivity index (χ4n) is 8.60. The molecule has 1 saturated carbocycles. The van der Waals surface area contributed by atoms with E-state index in [2.05, 4.69) is 21.7 Å². The Balaban J connectivity index is 1.38. The summed E-state index contributed by atoms with van der Waals surface area (Å²) < 4.78 is 131. The first-order valence-corrected chi connectivity index (χ1v) is 19.5. The van der Waals surface area contributed by atoms with E-state index in [1.54, 1.807) is 39.5 Å². The van der Waals surface area contributed by atoms with E-state index >= 15 is 13.2 Å². The van der Waals surface area contributed by atoms with Crippen molar-refractivity contribution in [3.8, 4) is 23.1 Å². The molecular formula is C40H49F7N7O5+. The average molecular weight is 841 g/mol. The number of nitrogens with zero attached hydrogens (tertiary/aromatic N) is 6. The molecule has 19 heteroatoms. The number of ether oxygens (including phenoxy) is 4. The van der Waals surface area contributed by atoms with Crippen LogP contribution in [-0.4, -0.2) is 118 Å². The molecule has 4 aliphatic rings. The van der Waals surface area contributed by atoms with Crippen LogP contribution in [0.5, 0.6) is 11.9 Å². The first kappa shape index (κ1) is 42.6. The number of likely N-dealkylation sites (tertiary alicyclic amines) is 1. The third kappa shape index (κ3) is 7.84. The normalized spacial score (nSPS) is 25.5. The maximum atomic E-state index is 17.2. The quantitative estimate of drug-likeness (QED) is 0.145. The highest BCUT2D eigenvalue weighted by molar-refractivity contribution is 5.94. The standard InChI is InChI=1S/C40H49F7N7O5/c1-9-23-12-52(8)32-26-31(50-34(51-32)57-19-38(13-39(38,43)44)16-53-14-37(15-53)17-56-18-37)29(42)30(24-11-25(48)28(41)22(4)27(24)40(45,46)47)49-33(26)58-21(3)10-20(2)54(23)35(55)59-36(5,6)7/h11,20-21,23H,8-10,12-19,48H2,1-7H3/q+1/t20-,21-,23+,38-/m0/s1. The zero-order valence-electron chi connectivity index (χ0n) is 34.0. The van der Waals surface area contributed by atoms with Gasteiger partial charge < -0.3 is 29.6 Å². The summed E-state index contributed by atoms with van der Waals surface area (Å²) >= 11 is 0. The molecule has 3 aromatic rings. The van der Waals surface area contributed by atoms with Crippen molar-refractivity contribution in [2.24, 2.45) is 10.8 Å². The number of alkyl halides is 5. The van der Waals surface area contributed by atoms with Crippen LogP contribution in [0.25, 0.3) is 22.2 Å². The van der Waals surface area contributed by atoms with Gasteiger partial charge in [0.15, 0.2) is 11.2 Å². The molecule has 4 atom stereocenters. The number of nitrogen functional groups attached to an aromatic ring is 1. The predicted molar refractivity (Wildman–Crippen MR) is 202 cm³/mol. The van der Waals surface area contributed by atoms with Gasteiger partial charge in [0.1, 0.15) is 35.8 Å². The lowest BCUT2D eigenvalue weighted by molar-refractivity contribution is -0.441. The summed E-state index contributed by atoms with van der Waals surface area (Å²) in [6.07, 6.45) is -6.60. The van der Waals surface area contributed by atoms with Crippen LogP contribution in [0.3, 0.4) is 0 Å². The number of carbonyl (C=O) groups is 1. The van der Waals surface area contributed by atoms with Gasteiger partial charge in [0.2, 0.25) is 5.88 Å². The number of aromatic nitrogens is 3. The van der Waals surface area contributed by atoms with Crippen molar-refractivity contribution in [2.75, 3.05) is 51.7 Å². The van der Waals surface area contributed by atoms with Gasteiger partial charge in [0.05, 0.1) is 48.7 Å². The van der Waals surface area contributed by atoms with Crippen LogP contribution >= 0.6 is 0 Å². The number of amides is 1. The largest absolute Gasteiger partial charge is 0.474 e. The zero-order valence-corrected chi connectivity index (χ0v) is 34.0. The number of carbonyl (C=O) groups excluding carboxylic acids is 1. The SMILES string of the molecule is C=[N+]1C[C@@H](CC)N(C(=O)OC(C)(C)C)[C@@H](C)C[C@H](C)Oc2nc(-c3cc(N)c(F)c(C)c3C(F)(F)F)c(F)c3nc(OC[C@@]4(CN5CC6(COC6)C5)CC4(F)F)nc1c23. The number of nitrogens with two attached hydrogens (primary N) is 1. The van der Waals surface area contributed by atoms with Crippen molar-refractivity contribution >= 4 is 35.2 Å². The number of anilines is 1. The number of halogens is 7. The average Bonchev–Trinajstić information content (AvgIpc) is 3.64. The Morgan fingerprint density at radius 3 is 2.32 bits per heavy atom. The molecule has 1 spiro atoms. The highest BCUT2D eigenvalue weighted by Gasteiger charge is 2.73. The van der Waals surface area contributed by atoms with Crippen LogP contribution in [0, 0.1) is 29.4 Å². The summed E-state index contributed by atoms with van der Waals surface area (Å²) in [5.41, 5.74) is -2.25. The first-order valence-electron chi connectivity index (χ1n) is 19.5.